The summed E-state index contributed by atoms with van der Waals surface area (Å²) in [6.07, 6.45) is 5.03. The highest BCUT2D eigenvalue weighted by molar-refractivity contribution is 5.88. The van der Waals surface area contributed by atoms with E-state index in [2.05, 4.69) is 26.8 Å². The minimum absolute atomic E-state index is 0.0266. The van der Waals surface area contributed by atoms with Crippen LogP contribution in [0.25, 0.3) is 11.3 Å². The van der Waals surface area contributed by atoms with Gasteiger partial charge < -0.3 is 25.0 Å². The number of amides is 1. The van der Waals surface area contributed by atoms with E-state index >= 15 is 0 Å². The zero-order valence-corrected chi connectivity index (χ0v) is 18.8. The van der Waals surface area contributed by atoms with E-state index in [9.17, 15) is 9.18 Å². The van der Waals surface area contributed by atoms with Crippen LogP contribution >= 0.6 is 0 Å². The van der Waals surface area contributed by atoms with Crippen LogP contribution in [-0.4, -0.2) is 81.4 Å². The van der Waals surface area contributed by atoms with Crippen LogP contribution in [0, 0.1) is 0 Å². The first-order valence-electron chi connectivity index (χ1n) is 11.3. The molecule has 2 aliphatic carbocycles. The number of ether oxygens (including phenoxy) is 2. The highest BCUT2D eigenvalue weighted by atomic mass is 19.1. The van der Waals surface area contributed by atoms with Gasteiger partial charge in [0.1, 0.15) is 6.10 Å². The second-order valence-electron chi connectivity index (χ2n) is 9.09. The molecule has 3 aliphatic rings. The van der Waals surface area contributed by atoms with Crippen molar-refractivity contribution in [2.45, 2.75) is 56.5 Å². The van der Waals surface area contributed by atoms with Crippen LogP contribution in [0.2, 0.25) is 0 Å². The van der Waals surface area contributed by atoms with Gasteiger partial charge in [0.25, 0.3) is 5.91 Å². The third-order valence-corrected chi connectivity index (χ3v) is 6.58. The summed E-state index contributed by atoms with van der Waals surface area (Å²) in [6.45, 7) is 3.92. The fourth-order valence-corrected chi connectivity index (χ4v) is 4.17. The Hall–Kier alpha value is -3.08. The molecule has 5 rings (SSSR count). The lowest BCUT2D eigenvalue weighted by atomic mass is 9.87. The molecule has 1 atom stereocenters. The van der Waals surface area contributed by atoms with Crippen LogP contribution in [0.5, 0.6) is 5.88 Å². The quantitative estimate of drug-likeness (QED) is 0.690. The van der Waals surface area contributed by atoms with Crippen molar-refractivity contribution in [2.75, 3.05) is 37.4 Å². The van der Waals surface area contributed by atoms with Gasteiger partial charge in [0, 0.05) is 56.5 Å². The fourth-order valence-electron chi connectivity index (χ4n) is 4.17. The number of alkyl halides is 1. The molecule has 0 unspecified atom stereocenters. The lowest BCUT2D eigenvalue weighted by Crippen LogP contribution is -2.52. The normalized spacial score (nSPS) is 25.8. The third-order valence-electron chi connectivity index (χ3n) is 6.58. The lowest BCUT2D eigenvalue weighted by molar-refractivity contribution is -0.142. The Bertz CT molecular complexity index is 1030. The fraction of sp³-hybridized carbons (Fsp3) is 0.591. The summed E-state index contributed by atoms with van der Waals surface area (Å²) in [6, 6.07) is 1.85. The molecule has 2 saturated carbocycles. The number of anilines is 2. The molecule has 3 heterocycles. The molecule has 1 amide bonds. The van der Waals surface area contributed by atoms with Crippen molar-refractivity contribution in [3.8, 4) is 17.1 Å². The highest BCUT2D eigenvalue weighted by Gasteiger charge is 2.54. The number of rotatable bonds is 6. The second-order valence-corrected chi connectivity index (χ2v) is 9.09. The van der Waals surface area contributed by atoms with Gasteiger partial charge in [-0.3, -0.25) is 4.79 Å². The van der Waals surface area contributed by atoms with Gasteiger partial charge in [0.05, 0.1) is 24.9 Å². The van der Waals surface area contributed by atoms with E-state index in [1.54, 1.807) is 25.5 Å². The zero-order valence-electron chi connectivity index (χ0n) is 18.8. The van der Waals surface area contributed by atoms with E-state index in [0.717, 1.165) is 0 Å². The topological polar surface area (TPSA) is 120 Å². The average molecular weight is 458 g/mol. The summed E-state index contributed by atoms with van der Waals surface area (Å²) in [4.78, 5) is 33.4. The average Bonchev–Trinajstić information content (AvgIpc) is 3.54. The number of nitrogen functional groups attached to an aromatic ring is 1. The van der Waals surface area contributed by atoms with Crippen molar-refractivity contribution in [3.05, 3.63) is 18.5 Å². The molecule has 0 spiro atoms. The predicted octanol–water partition coefficient (Wildman–Crippen LogP) is 1.61. The Labute approximate surface area is 191 Å². The molecule has 1 saturated heterocycles. The van der Waals surface area contributed by atoms with E-state index in [-0.39, 0.29) is 24.1 Å². The Morgan fingerprint density at radius 3 is 2.70 bits per heavy atom. The molecule has 176 valence electrons. The van der Waals surface area contributed by atoms with E-state index in [1.165, 1.54) is 4.90 Å². The van der Waals surface area contributed by atoms with Crippen molar-refractivity contribution in [1.29, 1.82) is 0 Å². The van der Waals surface area contributed by atoms with Gasteiger partial charge in [-0.25, -0.2) is 19.3 Å². The lowest BCUT2D eigenvalue weighted by Gasteiger charge is -2.41. The van der Waals surface area contributed by atoms with Gasteiger partial charge in [0.2, 0.25) is 17.8 Å². The molecule has 11 heteroatoms. The summed E-state index contributed by atoms with van der Waals surface area (Å²) in [5.74, 6) is 0.757. The second kappa shape index (κ2) is 8.36. The van der Waals surface area contributed by atoms with Crippen LogP contribution in [0.3, 0.4) is 0 Å². The van der Waals surface area contributed by atoms with Gasteiger partial charge in [-0.05, 0) is 19.8 Å². The number of nitrogens with two attached hydrogens (primary N) is 1. The van der Waals surface area contributed by atoms with Crippen LogP contribution in [0.4, 0.5) is 16.3 Å². The number of hydrogen-bond acceptors (Lipinski definition) is 9. The van der Waals surface area contributed by atoms with Crippen molar-refractivity contribution >= 4 is 17.8 Å². The van der Waals surface area contributed by atoms with E-state index in [4.69, 9.17) is 20.2 Å². The SMILES string of the molecule is C[C@H]1COCCN1c1nc(O[C@H]2C[C@H](N(C)C(=O)C3(F)CC3)C2)cc(-c2cnc(N)nc2)n1. The van der Waals surface area contributed by atoms with Crippen LogP contribution in [0.15, 0.2) is 18.5 Å². The molecule has 33 heavy (non-hydrogen) atoms. The van der Waals surface area contributed by atoms with Crippen molar-refractivity contribution in [2.24, 2.45) is 0 Å². The minimum Gasteiger partial charge on any atom is -0.474 e. The first-order chi connectivity index (χ1) is 15.8. The number of carbonyl (C=O) groups is 1. The monoisotopic (exact) mass is 457 g/mol. The summed E-state index contributed by atoms with van der Waals surface area (Å²) in [5, 5.41) is 0. The standard InChI is InChI=1S/C22H28FN7O3/c1-13-12-32-6-5-30(13)21-27-17(14-10-25-20(24)26-11-14)9-18(28-21)33-16-7-15(8-16)29(2)19(31)22(23)3-4-22/h9-11,13,15-16H,3-8,12H2,1-2H3,(H2,24,25,26)/t13-,15-,16-/m0/s1. The number of carbonyl (C=O) groups excluding carboxylic acids is 1. The zero-order chi connectivity index (χ0) is 23.2. The van der Waals surface area contributed by atoms with Crippen LogP contribution < -0.4 is 15.4 Å². The molecule has 10 nitrogen and oxygen atoms in total. The van der Waals surface area contributed by atoms with E-state index in [1.807, 2.05) is 0 Å². The van der Waals surface area contributed by atoms with Crippen LogP contribution in [-0.2, 0) is 9.53 Å². The maximum absolute atomic E-state index is 14.1. The largest absolute Gasteiger partial charge is 0.474 e. The number of halogens is 1. The molecule has 3 fully saturated rings. The predicted molar refractivity (Wildman–Crippen MR) is 118 cm³/mol. The molecular formula is C22H28FN7O3. The van der Waals surface area contributed by atoms with Gasteiger partial charge in [-0.1, -0.05) is 0 Å². The first kappa shape index (κ1) is 21.7. The van der Waals surface area contributed by atoms with Crippen molar-refractivity contribution in [3.63, 3.8) is 0 Å². The summed E-state index contributed by atoms with van der Waals surface area (Å²) < 4.78 is 25.8. The van der Waals surface area contributed by atoms with Gasteiger partial charge in [-0.2, -0.15) is 4.98 Å². The summed E-state index contributed by atoms with van der Waals surface area (Å²) >= 11 is 0. The Morgan fingerprint density at radius 2 is 2.03 bits per heavy atom. The Kier molecular flexibility index (Phi) is 5.51. The smallest absolute Gasteiger partial charge is 0.260 e. The molecule has 1 aliphatic heterocycles. The Balaban J connectivity index is 1.33. The summed E-state index contributed by atoms with van der Waals surface area (Å²) in [5.41, 5.74) is 5.31. The maximum Gasteiger partial charge on any atom is 0.260 e. The van der Waals surface area contributed by atoms with Crippen molar-refractivity contribution < 1.29 is 18.7 Å². The molecular weight excluding hydrogens is 429 g/mol. The van der Waals surface area contributed by atoms with Crippen molar-refractivity contribution in [1.82, 2.24) is 24.8 Å². The molecule has 2 N–H and O–H groups in total. The maximum atomic E-state index is 14.1. The third kappa shape index (κ3) is 4.41. The molecule has 2 aromatic rings. The Morgan fingerprint density at radius 1 is 1.30 bits per heavy atom. The number of morpholine rings is 1. The number of aromatic nitrogens is 4. The summed E-state index contributed by atoms with van der Waals surface area (Å²) in [7, 11) is 1.67. The number of nitrogens with zero attached hydrogens (tertiary/aromatic N) is 6. The number of hydrogen-bond donors (Lipinski definition) is 1. The minimum atomic E-state index is -1.65. The van der Waals surface area contributed by atoms with E-state index in [0.29, 0.717) is 68.5 Å². The van der Waals surface area contributed by atoms with Gasteiger partial charge in [-0.15, -0.1) is 0 Å². The van der Waals surface area contributed by atoms with Crippen LogP contribution in [0.1, 0.15) is 32.6 Å². The highest BCUT2D eigenvalue weighted by Crippen LogP contribution is 2.43. The molecule has 2 aromatic heterocycles. The molecule has 0 bridgehead atoms. The first-order valence-corrected chi connectivity index (χ1v) is 11.3. The molecule has 0 radical (unpaired) electrons. The van der Waals surface area contributed by atoms with Gasteiger partial charge in [0.15, 0.2) is 5.67 Å². The van der Waals surface area contributed by atoms with Gasteiger partial charge >= 0.3 is 0 Å². The molecule has 0 aromatic carbocycles. The van der Waals surface area contributed by atoms with E-state index < -0.39 is 11.6 Å².